The highest BCUT2D eigenvalue weighted by atomic mass is 35.5. The van der Waals surface area contributed by atoms with Crippen molar-refractivity contribution in [3.63, 3.8) is 0 Å². The molecule has 0 bridgehead atoms. The van der Waals surface area contributed by atoms with Gasteiger partial charge in [0.25, 0.3) is 0 Å². The Balaban J connectivity index is 3.07. The molecular weight excluding hydrogens is 150 g/mol. The highest BCUT2D eigenvalue weighted by molar-refractivity contribution is 6.24. The Morgan fingerprint density at radius 3 is 2.80 bits per heavy atom. The number of aryl methyl sites for hydroxylation is 1. The van der Waals surface area contributed by atoms with Crippen LogP contribution in [0.2, 0.25) is 0 Å². The molecule has 0 unspecified atom stereocenters. The summed E-state index contributed by atoms with van der Waals surface area (Å²) in [5.41, 5.74) is 6.99. The highest BCUT2D eigenvalue weighted by Crippen LogP contribution is 2.13. The third-order valence-corrected chi connectivity index (χ3v) is 1.41. The van der Waals surface area contributed by atoms with Crippen LogP contribution in [0, 0.1) is 6.92 Å². The number of halogens is 1. The molecule has 10 heavy (non-hydrogen) atoms. The number of hydrogen-bond donors (Lipinski definition) is 2. The quantitative estimate of drug-likeness (QED) is 0.608. The number of anilines is 2. The summed E-state index contributed by atoms with van der Waals surface area (Å²) in [4.78, 5) is 6.45. The van der Waals surface area contributed by atoms with Gasteiger partial charge in [-0.1, -0.05) is 0 Å². The summed E-state index contributed by atoms with van der Waals surface area (Å²) < 4.78 is 0. The molecule has 0 aliphatic heterocycles. The van der Waals surface area contributed by atoms with E-state index < -0.39 is 0 Å². The number of nitrogens with two attached hydrogens (primary N) is 1. The lowest BCUT2D eigenvalue weighted by molar-refractivity contribution is 1.22. The van der Waals surface area contributed by atoms with Crippen LogP contribution in [-0.4, -0.2) is 4.98 Å². The van der Waals surface area contributed by atoms with Crippen molar-refractivity contribution in [2.75, 3.05) is 10.6 Å². The minimum absolute atomic E-state index is 0.508. The highest BCUT2D eigenvalue weighted by Gasteiger charge is 1.95. The summed E-state index contributed by atoms with van der Waals surface area (Å²) in [5, 5.41) is 0. The molecule has 0 radical (unpaired) electrons. The Bertz CT molecular complexity index is 236. The first kappa shape index (κ1) is 7.15. The summed E-state index contributed by atoms with van der Waals surface area (Å²) >= 11 is 5.35. The van der Waals surface area contributed by atoms with Gasteiger partial charge in [-0.3, -0.25) is 4.84 Å². The first-order valence-corrected chi connectivity index (χ1v) is 3.21. The minimum Gasteiger partial charge on any atom is -0.384 e. The van der Waals surface area contributed by atoms with Crippen LogP contribution in [0.3, 0.4) is 0 Å². The molecule has 0 aromatic carbocycles. The first-order valence-electron chi connectivity index (χ1n) is 2.84. The van der Waals surface area contributed by atoms with E-state index in [0.29, 0.717) is 5.82 Å². The topological polar surface area (TPSA) is 50.9 Å². The molecule has 0 aliphatic carbocycles. The second kappa shape index (κ2) is 2.75. The van der Waals surface area contributed by atoms with Crippen LogP contribution >= 0.6 is 11.8 Å². The monoisotopic (exact) mass is 157 g/mol. The van der Waals surface area contributed by atoms with E-state index in [0.717, 1.165) is 11.4 Å². The molecule has 1 aromatic heterocycles. The Hall–Kier alpha value is -0.960. The Morgan fingerprint density at radius 2 is 2.30 bits per heavy atom. The van der Waals surface area contributed by atoms with Crippen LogP contribution in [-0.2, 0) is 0 Å². The zero-order valence-electron chi connectivity index (χ0n) is 5.56. The van der Waals surface area contributed by atoms with Crippen molar-refractivity contribution in [2.24, 2.45) is 0 Å². The molecule has 0 fully saturated rings. The smallest absolute Gasteiger partial charge is 0.123 e. The van der Waals surface area contributed by atoms with E-state index in [9.17, 15) is 0 Å². The van der Waals surface area contributed by atoms with E-state index in [1.165, 1.54) is 0 Å². The Morgan fingerprint density at radius 1 is 1.60 bits per heavy atom. The molecule has 0 saturated heterocycles. The number of nitrogens with one attached hydrogen (secondary N) is 1. The van der Waals surface area contributed by atoms with Crippen LogP contribution in [0.4, 0.5) is 11.5 Å². The fourth-order valence-corrected chi connectivity index (χ4v) is 0.880. The molecule has 0 spiro atoms. The SMILES string of the molecule is Cc1nc(N)ccc1NCl. The van der Waals surface area contributed by atoms with Gasteiger partial charge in [-0.05, 0) is 19.1 Å². The van der Waals surface area contributed by atoms with Crippen molar-refractivity contribution >= 4 is 23.3 Å². The van der Waals surface area contributed by atoms with E-state index in [1.807, 2.05) is 6.92 Å². The predicted octanol–water partition coefficient (Wildman–Crippen LogP) is 1.54. The predicted molar refractivity (Wildman–Crippen MR) is 42.9 cm³/mol. The fourth-order valence-electron chi connectivity index (χ4n) is 0.680. The molecule has 4 heteroatoms. The molecule has 1 heterocycles. The molecule has 0 aliphatic rings. The maximum absolute atomic E-state index is 5.40. The van der Waals surface area contributed by atoms with Gasteiger partial charge in [-0.25, -0.2) is 4.98 Å². The number of hydrogen-bond acceptors (Lipinski definition) is 3. The van der Waals surface area contributed by atoms with Crippen molar-refractivity contribution < 1.29 is 0 Å². The van der Waals surface area contributed by atoms with Gasteiger partial charge in [0, 0.05) is 11.8 Å². The summed E-state index contributed by atoms with van der Waals surface area (Å²) in [6.07, 6.45) is 0. The van der Waals surface area contributed by atoms with Crippen LogP contribution in [0.5, 0.6) is 0 Å². The molecule has 1 aromatic rings. The normalized spacial score (nSPS) is 9.40. The van der Waals surface area contributed by atoms with Crippen LogP contribution < -0.4 is 10.6 Å². The number of rotatable bonds is 1. The summed E-state index contributed by atoms with van der Waals surface area (Å²) in [6.45, 7) is 1.83. The van der Waals surface area contributed by atoms with Gasteiger partial charge in [-0.2, -0.15) is 0 Å². The number of nitrogen functional groups attached to an aromatic ring is 1. The largest absolute Gasteiger partial charge is 0.384 e. The average molecular weight is 158 g/mol. The van der Waals surface area contributed by atoms with Gasteiger partial charge in [0.15, 0.2) is 0 Å². The minimum atomic E-state index is 0.508. The third kappa shape index (κ3) is 1.30. The number of pyridine rings is 1. The van der Waals surface area contributed by atoms with Gasteiger partial charge in [0.05, 0.1) is 11.4 Å². The van der Waals surface area contributed by atoms with Crippen LogP contribution in [0.25, 0.3) is 0 Å². The first-order chi connectivity index (χ1) is 4.74. The van der Waals surface area contributed by atoms with Crippen molar-refractivity contribution in [1.82, 2.24) is 4.98 Å². The average Bonchev–Trinajstić information content (AvgIpc) is 1.88. The van der Waals surface area contributed by atoms with Crippen molar-refractivity contribution in [2.45, 2.75) is 6.92 Å². The van der Waals surface area contributed by atoms with E-state index in [1.54, 1.807) is 12.1 Å². The molecule has 0 atom stereocenters. The maximum atomic E-state index is 5.40. The van der Waals surface area contributed by atoms with Crippen LogP contribution in [0.1, 0.15) is 5.69 Å². The lowest BCUT2D eigenvalue weighted by Gasteiger charge is -2.01. The van der Waals surface area contributed by atoms with Crippen molar-refractivity contribution in [3.8, 4) is 0 Å². The third-order valence-electron chi connectivity index (χ3n) is 1.21. The van der Waals surface area contributed by atoms with E-state index in [2.05, 4.69) is 9.82 Å². The lowest BCUT2D eigenvalue weighted by Crippen LogP contribution is -1.94. The van der Waals surface area contributed by atoms with Crippen molar-refractivity contribution in [1.29, 1.82) is 0 Å². The summed E-state index contributed by atoms with van der Waals surface area (Å²) in [7, 11) is 0. The van der Waals surface area contributed by atoms with E-state index >= 15 is 0 Å². The van der Waals surface area contributed by atoms with Gasteiger partial charge in [0.2, 0.25) is 0 Å². The van der Waals surface area contributed by atoms with Gasteiger partial charge < -0.3 is 5.73 Å². The molecule has 3 N–H and O–H groups in total. The van der Waals surface area contributed by atoms with Gasteiger partial charge in [0.1, 0.15) is 5.82 Å². The summed E-state index contributed by atoms with van der Waals surface area (Å²) in [6, 6.07) is 3.47. The van der Waals surface area contributed by atoms with E-state index in [-0.39, 0.29) is 0 Å². The zero-order valence-corrected chi connectivity index (χ0v) is 6.31. The molecule has 1 rings (SSSR count). The van der Waals surface area contributed by atoms with Gasteiger partial charge in [-0.15, -0.1) is 0 Å². The Kier molecular flexibility index (Phi) is 1.97. The van der Waals surface area contributed by atoms with Gasteiger partial charge >= 0.3 is 0 Å². The van der Waals surface area contributed by atoms with Crippen LogP contribution in [0.15, 0.2) is 12.1 Å². The number of nitrogens with zero attached hydrogens (tertiary/aromatic N) is 1. The molecule has 54 valence electrons. The standard InChI is InChI=1S/C6H8ClN3/c1-4-5(10-7)2-3-6(8)9-4/h2-3,10H,1H3,(H2,8,9). The second-order valence-corrected chi connectivity index (χ2v) is 2.15. The molecular formula is C6H8ClN3. The van der Waals surface area contributed by atoms with E-state index in [4.69, 9.17) is 17.5 Å². The fraction of sp³-hybridized carbons (Fsp3) is 0.167. The Labute approximate surface area is 64.3 Å². The second-order valence-electron chi connectivity index (χ2n) is 1.96. The number of aromatic nitrogens is 1. The maximum Gasteiger partial charge on any atom is 0.123 e. The molecule has 0 saturated carbocycles. The molecule has 3 nitrogen and oxygen atoms in total. The summed E-state index contributed by atoms with van der Waals surface area (Å²) in [5.74, 6) is 0.508. The van der Waals surface area contributed by atoms with Crippen molar-refractivity contribution in [3.05, 3.63) is 17.8 Å². The zero-order chi connectivity index (χ0) is 7.56. The molecule has 0 amide bonds. The lowest BCUT2D eigenvalue weighted by atomic mass is 10.3.